The first-order valence-corrected chi connectivity index (χ1v) is 11.5. The fourth-order valence-corrected chi connectivity index (χ4v) is 7.49. The highest BCUT2D eigenvalue weighted by Crippen LogP contribution is 2.24. The van der Waals surface area contributed by atoms with Crippen LogP contribution in [0.15, 0.2) is 0 Å². The van der Waals surface area contributed by atoms with Gasteiger partial charge < -0.3 is 5.32 Å². The molecule has 0 radical (unpaired) electrons. The number of sulfonamides is 1. The lowest BCUT2D eigenvalue weighted by Gasteiger charge is -2.33. The highest BCUT2D eigenvalue weighted by molar-refractivity contribution is 8.01. The molecule has 0 spiro atoms. The maximum Gasteiger partial charge on any atom is 0.215 e. The SMILES string of the molecule is CS(=O)(=O)C1CSCCN1S(=O)(=O)CCCNC1CC1. The van der Waals surface area contributed by atoms with Crippen LogP contribution in [0.25, 0.3) is 0 Å². The van der Waals surface area contributed by atoms with Gasteiger partial charge in [0.15, 0.2) is 9.84 Å². The molecule has 2 fully saturated rings. The van der Waals surface area contributed by atoms with E-state index >= 15 is 0 Å². The molecule has 20 heavy (non-hydrogen) atoms. The van der Waals surface area contributed by atoms with E-state index in [-0.39, 0.29) is 5.75 Å². The standard InChI is InChI=1S/C11H22N2O4S3/c1-19(14,15)11-9-18-7-6-13(11)20(16,17)8-2-5-12-10-3-4-10/h10-12H,2-9H2,1H3. The largest absolute Gasteiger partial charge is 0.314 e. The van der Waals surface area contributed by atoms with Crippen LogP contribution in [0.5, 0.6) is 0 Å². The van der Waals surface area contributed by atoms with Crippen molar-refractivity contribution in [1.82, 2.24) is 9.62 Å². The van der Waals surface area contributed by atoms with Gasteiger partial charge in [-0.3, -0.25) is 0 Å². The summed E-state index contributed by atoms with van der Waals surface area (Å²) in [4.78, 5) is 0. The van der Waals surface area contributed by atoms with Crippen molar-refractivity contribution < 1.29 is 16.8 Å². The Hall–Kier alpha value is 0.170. The van der Waals surface area contributed by atoms with Crippen LogP contribution in [0.3, 0.4) is 0 Å². The van der Waals surface area contributed by atoms with Crippen molar-refractivity contribution in [3.63, 3.8) is 0 Å². The van der Waals surface area contributed by atoms with Gasteiger partial charge in [0.05, 0.1) is 5.75 Å². The highest BCUT2D eigenvalue weighted by Gasteiger charge is 2.38. The van der Waals surface area contributed by atoms with Crippen molar-refractivity contribution in [2.24, 2.45) is 0 Å². The molecule has 0 bridgehead atoms. The van der Waals surface area contributed by atoms with Gasteiger partial charge in [0, 0.05) is 30.3 Å². The molecule has 1 atom stereocenters. The summed E-state index contributed by atoms with van der Waals surface area (Å²) in [5, 5.41) is 2.37. The number of rotatable bonds is 7. The third-order valence-electron chi connectivity index (χ3n) is 3.48. The first-order valence-electron chi connectivity index (χ1n) is 6.80. The lowest BCUT2D eigenvalue weighted by atomic mass is 10.5. The quantitative estimate of drug-likeness (QED) is 0.649. The van der Waals surface area contributed by atoms with Gasteiger partial charge in [-0.2, -0.15) is 16.1 Å². The minimum Gasteiger partial charge on any atom is -0.314 e. The van der Waals surface area contributed by atoms with E-state index < -0.39 is 25.2 Å². The second-order valence-electron chi connectivity index (χ2n) is 5.37. The van der Waals surface area contributed by atoms with E-state index in [9.17, 15) is 16.8 Å². The van der Waals surface area contributed by atoms with E-state index in [4.69, 9.17) is 0 Å². The van der Waals surface area contributed by atoms with Gasteiger partial charge in [-0.25, -0.2) is 16.8 Å². The maximum absolute atomic E-state index is 12.3. The van der Waals surface area contributed by atoms with E-state index in [0.717, 1.165) is 6.26 Å². The molecule has 1 aliphatic carbocycles. The summed E-state index contributed by atoms with van der Waals surface area (Å²) in [5.74, 6) is 1.01. The molecule has 1 heterocycles. The molecule has 2 aliphatic rings. The first kappa shape index (κ1) is 16.5. The Balaban J connectivity index is 1.94. The average Bonchev–Trinajstić information content (AvgIpc) is 3.18. The van der Waals surface area contributed by atoms with Gasteiger partial charge in [-0.15, -0.1) is 0 Å². The summed E-state index contributed by atoms with van der Waals surface area (Å²) in [6.45, 7) is 0.969. The zero-order valence-electron chi connectivity index (χ0n) is 11.6. The summed E-state index contributed by atoms with van der Waals surface area (Å²) in [6, 6.07) is 0.563. The van der Waals surface area contributed by atoms with Gasteiger partial charge in [0.1, 0.15) is 5.37 Å². The lowest BCUT2D eigenvalue weighted by molar-refractivity contribution is 0.404. The van der Waals surface area contributed by atoms with E-state index in [0.29, 0.717) is 37.1 Å². The Kier molecular flexibility index (Phi) is 5.39. The van der Waals surface area contributed by atoms with Crippen LogP contribution in [-0.4, -0.2) is 69.2 Å². The summed E-state index contributed by atoms with van der Waals surface area (Å²) in [7, 11) is -6.87. The molecule has 1 aliphatic heterocycles. The van der Waals surface area contributed by atoms with Crippen molar-refractivity contribution >= 4 is 31.6 Å². The molecule has 2 rings (SSSR count). The summed E-state index contributed by atoms with van der Waals surface area (Å²) >= 11 is 1.49. The van der Waals surface area contributed by atoms with E-state index in [1.165, 1.54) is 28.9 Å². The predicted octanol–water partition coefficient (Wildman–Crippen LogP) is -0.122. The van der Waals surface area contributed by atoms with Crippen LogP contribution in [0.1, 0.15) is 19.3 Å². The fraction of sp³-hybridized carbons (Fsp3) is 1.00. The fourth-order valence-electron chi connectivity index (χ4n) is 2.19. The van der Waals surface area contributed by atoms with Crippen molar-refractivity contribution in [3.05, 3.63) is 0 Å². The second-order valence-corrected chi connectivity index (χ2v) is 10.8. The zero-order valence-corrected chi connectivity index (χ0v) is 14.1. The number of sulfone groups is 1. The van der Waals surface area contributed by atoms with E-state index in [1.54, 1.807) is 0 Å². The molecular formula is C11H22N2O4S3. The molecule has 0 aromatic heterocycles. The third kappa shape index (κ3) is 4.59. The Morgan fingerprint density at radius 2 is 1.95 bits per heavy atom. The maximum atomic E-state index is 12.3. The Labute approximate surface area is 125 Å². The third-order valence-corrected chi connectivity index (χ3v) is 8.21. The molecule has 1 unspecified atom stereocenters. The zero-order chi connectivity index (χ0) is 14.8. The number of nitrogens with zero attached hydrogens (tertiary/aromatic N) is 1. The predicted molar refractivity (Wildman–Crippen MR) is 82.1 cm³/mol. The van der Waals surface area contributed by atoms with Gasteiger partial charge in [0.25, 0.3) is 0 Å². The van der Waals surface area contributed by atoms with Crippen molar-refractivity contribution in [2.45, 2.75) is 30.7 Å². The molecule has 9 heteroatoms. The monoisotopic (exact) mass is 342 g/mol. The van der Waals surface area contributed by atoms with Gasteiger partial charge >= 0.3 is 0 Å². The van der Waals surface area contributed by atoms with Crippen LogP contribution < -0.4 is 5.32 Å². The second kappa shape index (κ2) is 6.51. The van der Waals surface area contributed by atoms with Gasteiger partial charge in [-0.1, -0.05) is 0 Å². The molecule has 0 amide bonds. The smallest absolute Gasteiger partial charge is 0.215 e. The molecule has 1 N–H and O–H groups in total. The first-order chi connectivity index (χ1) is 9.31. The topological polar surface area (TPSA) is 83.6 Å². The van der Waals surface area contributed by atoms with E-state index in [1.807, 2.05) is 0 Å². The summed E-state index contributed by atoms with van der Waals surface area (Å²) < 4.78 is 49.3. The molecule has 0 aromatic rings. The van der Waals surface area contributed by atoms with Crippen LogP contribution >= 0.6 is 11.8 Å². The summed E-state index contributed by atoms with van der Waals surface area (Å²) in [5.41, 5.74) is 0. The molecule has 118 valence electrons. The number of hydrogen-bond donors (Lipinski definition) is 1. The minimum atomic E-state index is -3.49. The molecule has 6 nitrogen and oxygen atoms in total. The lowest BCUT2D eigenvalue weighted by Crippen LogP contribution is -2.50. The van der Waals surface area contributed by atoms with Gasteiger partial charge in [0.2, 0.25) is 10.0 Å². The molecule has 0 aromatic carbocycles. The normalized spacial score (nSPS) is 25.8. The molecule has 1 saturated heterocycles. The average molecular weight is 343 g/mol. The molecule has 1 saturated carbocycles. The Bertz CT molecular complexity index is 528. The highest BCUT2D eigenvalue weighted by atomic mass is 32.2. The van der Waals surface area contributed by atoms with Crippen molar-refractivity contribution in [1.29, 1.82) is 0 Å². The number of hydrogen-bond acceptors (Lipinski definition) is 6. The van der Waals surface area contributed by atoms with Crippen LogP contribution in [-0.2, 0) is 19.9 Å². The number of thioether (sulfide) groups is 1. The summed E-state index contributed by atoms with van der Waals surface area (Å²) in [6.07, 6.45) is 3.98. The van der Waals surface area contributed by atoms with Crippen LogP contribution in [0.4, 0.5) is 0 Å². The van der Waals surface area contributed by atoms with E-state index in [2.05, 4.69) is 5.32 Å². The van der Waals surface area contributed by atoms with Crippen LogP contribution in [0.2, 0.25) is 0 Å². The van der Waals surface area contributed by atoms with Crippen molar-refractivity contribution in [2.75, 3.05) is 36.6 Å². The minimum absolute atomic E-state index is 0.0173. The van der Waals surface area contributed by atoms with Crippen LogP contribution in [0, 0.1) is 0 Å². The van der Waals surface area contributed by atoms with Crippen molar-refractivity contribution in [3.8, 4) is 0 Å². The molecular weight excluding hydrogens is 320 g/mol. The Morgan fingerprint density at radius 1 is 1.25 bits per heavy atom. The Morgan fingerprint density at radius 3 is 2.55 bits per heavy atom. The number of nitrogens with one attached hydrogen (secondary N) is 1. The van der Waals surface area contributed by atoms with Gasteiger partial charge in [-0.05, 0) is 25.8 Å².